The molecule has 7 nitrogen and oxygen atoms in total. The number of thiocarbonyl (C=S) groups is 1. The van der Waals surface area contributed by atoms with E-state index in [9.17, 15) is 13.2 Å². The van der Waals surface area contributed by atoms with E-state index in [1.54, 1.807) is 4.90 Å². The summed E-state index contributed by atoms with van der Waals surface area (Å²) in [5, 5.41) is 2.69. The molecular weight excluding hydrogens is 264 g/mol. The first kappa shape index (κ1) is 12.5. The lowest BCUT2D eigenvalue weighted by Gasteiger charge is -2.35. The van der Waals surface area contributed by atoms with E-state index in [0.29, 0.717) is 26.2 Å². The topological polar surface area (TPSA) is 95.7 Å². The Balaban J connectivity index is 2.06. The van der Waals surface area contributed by atoms with Gasteiger partial charge in [-0.05, 0) is 0 Å². The van der Waals surface area contributed by atoms with Gasteiger partial charge in [-0.15, -0.1) is 0 Å². The van der Waals surface area contributed by atoms with Crippen molar-refractivity contribution in [2.45, 2.75) is 6.04 Å². The van der Waals surface area contributed by atoms with E-state index in [0.717, 1.165) is 0 Å². The van der Waals surface area contributed by atoms with Crippen LogP contribution in [0.15, 0.2) is 0 Å². The fourth-order valence-corrected chi connectivity index (χ4v) is 3.85. The lowest BCUT2D eigenvalue weighted by molar-refractivity contribution is 0.164. The van der Waals surface area contributed by atoms with Gasteiger partial charge in [-0.3, -0.25) is 0 Å². The van der Waals surface area contributed by atoms with E-state index >= 15 is 0 Å². The van der Waals surface area contributed by atoms with Crippen LogP contribution in [0.1, 0.15) is 0 Å². The number of carbonyl (C=O) groups excluding carboxylic acids is 1. The Hall–Kier alpha value is -0.930. The predicted octanol–water partition coefficient (Wildman–Crippen LogP) is -1.69. The first-order valence-electron chi connectivity index (χ1n) is 5.21. The Bertz CT molecular complexity index is 450. The Morgan fingerprint density at radius 2 is 2.24 bits per heavy atom. The fraction of sp³-hybridized carbons (Fsp3) is 0.750. The summed E-state index contributed by atoms with van der Waals surface area (Å²) in [4.78, 5) is 13.0. The number of urea groups is 1. The summed E-state index contributed by atoms with van der Waals surface area (Å²) in [6.07, 6.45) is 0. The third kappa shape index (κ3) is 2.50. The molecule has 0 aliphatic carbocycles. The number of sulfonamides is 1. The summed E-state index contributed by atoms with van der Waals surface area (Å²) >= 11 is 4.62. The van der Waals surface area contributed by atoms with E-state index < -0.39 is 10.0 Å². The Labute approximate surface area is 105 Å². The van der Waals surface area contributed by atoms with Crippen molar-refractivity contribution in [3.05, 3.63) is 0 Å². The summed E-state index contributed by atoms with van der Waals surface area (Å²) in [6.45, 7) is 1.50. The molecule has 2 aliphatic heterocycles. The minimum Gasteiger partial charge on any atom is -0.392 e. The summed E-state index contributed by atoms with van der Waals surface area (Å²) in [6, 6.07) is -0.209. The van der Waals surface area contributed by atoms with E-state index in [-0.39, 0.29) is 22.8 Å². The lowest BCUT2D eigenvalue weighted by atomic mass is 10.2. The van der Waals surface area contributed by atoms with Gasteiger partial charge in [-0.2, -0.15) is 4.31 Å². The molecule has 0 spiro atoms. The maximum atomic E-state index is 11.9. The number of nitrogens with two attached hydrogens (primary N) is 1. The van der Waals surface area contributed by atoms with Crippen LogP contribution < -0.4 is 11.1 Å². The second kappa shape index (κ2) is 4.39. The highest BCUT2D eigenvalue weighted by atomic mass is 32.2. The molecule has 2 fully saturated rings. The van der Waals surface area contributed by atoms with Crippen molar-refractivity contribution in [2.24, 2.45) is 5.73 Å². The molecule has 2 heterocycles. The van der Waals surface area contributed by atoms with Crippen molar-refractivity contribution >= 4 is 33.3 Å². The van der Waals surface area contributed by atoms with Crippen molar-refractivity contribution in [3.63, 3.8) is 0 Å². The minimum absolute atomic E-state index is 0.0342. The molecule has 0 radical (unpaired) electrons. The van der Waals surface area contributed by atoms with Crippen LogP contribution in [0.4, 0.5) is 4.79 Å². The van der Waals surface area contributed by atoms with Crippen LogP contribution in [0.25, 0.3) is 0 Å². The smallest absolute Gasteiger partial charge is 0.317 e. The molecule has 2 amide bonds. The second-order valence-electron chi connectivity index (χ2n) is 4.11. The van der Waals surface area contributed by atoms with Crippen LogP contribution in [0.3, 0.4) is 0 Å². The maximum absolute atomic E-state index is 11.9. The van der Waals surface area contributed by atoms with Gasteiger partial charge >= 0.3 is 6.03 Å². The third-order valence-corrected chi connectivity index (χ3v) is 5.03. The summed E-state index contributed by atoms with van der Waals surface area (Å²) in [5.74, 6) is -0.309. The Morgan fingerprint density at radius 3 is 2.88 bits per heavy atom. The van der Waals surface area contributed by atoms with Crippen LogP contribution >= 0.6 is 12.2 Å². The van der Waals surface area contributed by atoms with Crippen molar-refractivity contribution in [1.82, 2.24) is 14.5 Å². The van der Waals surface area contributed by atoms with E-state index in [4.69, 9.17) is 5.73 Å². The first-order valence-corrected chi connectivity index (χ1v) is 7.22. The molecule has 0 saturated carbocycles. The molecule has 1 atom stereocenters. The second-order valence-corrected chi connectivity index (χ2v) is 6.61. The molecule has 96 valence electrons. The highest BCUT2D eigenvalue weighted by Crippen LogP contribution is 2.16. The number of carbonyl (C=O) groups is 1. The quantitative estimate of drug-likeness (QED) is 0.601. The molecule has 3 N–H and O–H groups in total. The van der Waals surface area contributed by atoms with Crippen LogP contribution in [-0.2, 0) is 10.0 Å². The van der Waals surface area contributed by atoms with Gasteiger partial charge in [0.15, 0.2) is 0 Å². The SMILES string of the molecule is NC(=S)CS(=O)(=O)N1CCN2C(=O)NCC2C1. The number of nitrogens with one attached hydrogen (secondary N) is 1. The maximum Gasteiger partial charge on any atom is 0.317 e. The van der Waals surface area contributed by atoms with Crippen molar-refractivity contribution in [1.29, 1.82) is 0 Å². The normalized spacial score (nSPS) is 25.5. The van der Waals surface area contributed by atoms with Crippen LogP contribution in [0, 0.1) is 0 Å². The molecule has 1 unspecified atom stereocenters. The highest BCUT2D eigenvalue weighted by molar-refractivity contribution is 7.92. The van der Waals surface area contributed by atoms with Gasteiger partial charge in [0.2, 0.25) is 10.0 Å². The predicted molar refractivity (Wildman–Crippen MR) is 66.0 cm³/mol. The molecule has 9 heteroatoms. The van der Waals surface area contributed by atoms with Crippen molar-refractivity contribution < 1.29 is 13.2 Å². The molecule has 2 aliphatic rings. The molecular formula is C8H14N4O3S2. The Morgan fingerprint density at radius 1 is 1.53 bits per heavy atom. The zero-order valence-electron chi connectivity index (χ0n) is 9.13. The molecule has 0 aromatic heterocycles. The molecule has 2 rings (SSSR count). The summed E-state index contributed by atoms with van der Waals surface area (Å²) < 4.78 is 25.2. The van der Waals surface area contributed by atoms with Crippen LogP contribution in [-0.4, -0.2) is 66.6 Å². The van der Waals surface area contributed by atoms with E-state index in [1.807, 2.05) is 0 Å². The van der Waals surface area contributed by atoms with Gasteiger partial charge < -0.3 is 16.0 Å². The number of amides is 2. The number of fused-ring (bicyclic) bond motifs is 1. The number of hydrogen-bond acceptors (Lipinski definition) is 4. The van der Waals surface area contributed by atoms with E-state index in [2.05, 4.69) is 17.5 Å². The summed E-state index contributed by atoms with van der Waals surface area (Å²) in [5.41, 5.74) is 5.26. The monoisotopic (exact) mass is 278 g/mol. The van der Waals surface area contributed by atoms with Gasteiger partial charge in [-0.1, -0.05) is 12.2 Å². The zero-order chi connectivity index (χ0) is 12.6. The largest absolute Gasteiger partial charge is 0.392 e. The molecule has 0 bridgehead atoms. The standard InChI is InChI=1S/C8H14N4O3S2/c9-7(16)5-17(14,15)11-1-2-12-6(4-11)3-10-8(12)13/h6H,1-5H2,(H2,9,16)(H,10,13). The minimum atomic E-state index is -3.44. The van der Waals surface area contributed by atoms with Crippen LogP contribution in [0.5, 0.6) is 0 Å². The average molecular weight is 278 g/mol. The van der Waals surface area contributed by atoms with Gasteiger partial charge in [0.25, 0.3) is 0 Å². The molecule has 0 aromatic carbocycles. The van der Waals surface area contributed by atoms with E-state index in [1.165, 1.54) is 4.31 Å². The Kier molecular flexibility index (Phi) is 3.23. The lowest BCUT2D eigenvalue weighted by Crippen LogP contribution is -2.54. The molecule has 17 heavy (non-hydrogen) atoms. The highest BCUT2D eigenvalue weighted by Gasteiger charge is 2.39. The van der Waals surface area contributed by atoms with Gasteiger partial charge in [0.05, 0.1) is 11.0 Å². The van der Waals surface area contributed by atoms with Crippen molar-refractivity contribution in [2.75, 3.05) is 31.9 Å². The van der Waals surface area contributed by atoms with Gasteiger partial charge in [-0.25, -0.2) is 13.2 Å². The van der Waals surface area contributed by atoms with Gasteiger partial charge in [0, 0.05) is 26.2 Å². The third-order valence-electron chi connectivity index (χ3n) is 2.91. The number of piperazine rings is 1. The summed E-state index contributed by atoms with van der Waals surface area (Å²) in [7, 11) is -3.44. The fourth-order valence-electron chi connectivity index (χ4n) is 2.10. The van der Waals surface area contributed by atoms with Crippen LogP contribution in [0.2, 0.25) is 0 Å². The number of hydrogen-bond donors (Lipinski definition) is 2. The molecule has 2 saturated heterocycles. The number of nitrogens with zero attached hydrogens (tertiary/aromatic N) is 2. The van der Waals surface area contributed by atoms with Gasteiger partial charge in [0.1, 0.15) is 5.75 Å². The number of rotatable bonds is 3. The van der Waals surface area contributed by atoms with Crippen molar-refractivity contribution in [3.8, 4) is 0 Å². The average Bonchev–Trinajstić information content (AvgIpc) is 2.58. The first-order chi connectivity index (χ1) is 7.90. The molecule has 0 aromatic rings. The zero-order valence-corrected chi connectivity index (χ0v) is 10.8.